The number of aromatic nitrogens is 1. The topological polar surface area (TPSA) is 63.6 Å². The second-order valence-corrected chi connectivity index (χ2v) is 6.79. The van der Waals surface area contributed by atoms with Crippen LogP contribution in [0.15, 0.2) is 29.3 Å². The summed E-state index contributed by atoms with van der Waals surface area (Å²) in [7, 11) is 3.64. The quantitative estimate of drug-likeness (QED) is 0.810. The van der Waals surface area contributed by atoms with E-state index in [4.69, 9.17) is 0 Å². The van der Waals surface area contributed by atoms with Crippen LogP contribution in [0.3, 0.4) is 0 Å². The summed E-state index contributed by atoms with van der Waals surface area (Å²) < 4.78 is 30.5. The van der Waals surface area contributed by atoms with Crippen molar-refractivity contribution in [2.45, 2.75) is 11.3 Å². The Bertz CT molecular complexity index is 735. The third-order valence-electron chi connectivity index (χ3n) is 3.35. The standard InChI is InChI=1S/C14H21N3O3S/c1-15-20-21(18,19)12-5-6-14-13(9-12)11(10-17(14)4)7-8-16(2)3/h5-6,9-10,15H,7-8H2,1-4H3. The first kappa shape index (κ1) is 16.0. The Morgan fingerprint density at radius 2 is 2.05 bits per heavy atom. The molecular formula is C14H21N3O3S. The van der Waals surface area contributed by atoms with Crippen molar-refractivity contribution in [3.63, 3.8) is 0 Å². The van der Waals surface area contributed by atoms with Gasteiger partial charge < -0.3 is 9.47 Å². The van der Waals surface area contributed by atoms with Gasteiger partial charge in [-0.15, -0.1) is 0 Å². The molecule has 1 N–H and O–H groups in total. The predicted molar refractivity (Wildman–Crippen MR) is 82.5 cm³/mol. The van der Waals surface area contributed by atoms with E-state index in [2.05, 4.69) is 14.7 Å². The van der Waals surface area contributed by atoms with E-state index in [9.17, 15) is 8.42 Å². The Morgan fingerprint density at radius 3 is 2.67 bits per heavy atom. The van der Waals surface area contributed by atoms with E-state index < -0.39 is 10.1 Å². The highest BCUT2D eigenvalue weighted by Gasteiger charge is 2.17. The molecule has 2 rings (SSSR count). The molecule has 1 aromatic carbocycles. The first-order valence-electron chi connectivity index (χ1n) is 6.68. The highest BCUT2D eigenvalue weighted by Crippen LogP contribution is 2.25. The molecule has 0 atom stereocenters. The van der Waals surface area contributed by atoms with Crippen LogP contribution in [0.1, 0.15) is 5.56 Å². The minimum Gasteiger partial charge on any atom is -0.350 e. The highest BCUT2D eigenvalue weighted by molar-refractivity contribution is 7.86. The second-order valence-electron chi connectivity index (χ2n) is 5.24. The third-order valence-corrected chi connectivity index (χ3v) is 4.57. The Kier molecular flexibility index (Phi) is 4.67. The van der Waals surface area contributed by atoms with E-state index >= 15 is 0 Å². The number of nitrogens with one attached hydrogen (secondary N) is 1. The van der Waals surface area contributed by atoms with E-state index in [1.165, 1.54) is 7.05 Å². The van der Waals surface area contributed by atoms with Crippen molar-refractivity contribution in [1.29, 1.82) is 0 Å². The molecular weight excluding hydrogens is 290 g/mol. The van der Waals surface area contributed by atoms with Gasteiger partial charge in [0.1, 0.15) is 0 Å². The van der Waals surface area contributed by atoms with Gasteiger partial charge in [0, 0.05) is 37.7 Å². The zero-order chi connectivity index (χ0) is 15.6. The molecule has 0 bridgehead atoms. The maximum atomic E-state index is 12.0. The van der Waals surface area contributed by atoms with Gasteiger partial charge in [-0.3, -0.25) is 0 Å². The lowest BCUT2D eigenvalue weighted by molar-refractivity contribution is 0.231. The van der Waals surface area contributed by atoms with E-state index in [0.717, 1.165) is 29.4 Å². The predicted octanol–water partition coefficient (Wildman–Crippen LogP) is 1.12. The van der Waals surface area contributed by atoms with Crippen molar-refractivity contribution >= 4 is 21.0 Å². The van der Waals surface area contributed by atoms with E-state index in [-0.39, 0.29) is 4.90 Å². The van der Waals surface area contributed by atoms with Gasteiger partial charge in [-0.05, 0) is 44.3 Å². The van der Waals surface area contributed by atoms with Crippen molar-refractivity contribution < 1.29 is 12.7 Å². The number of aryl methyl sites for hydroxylation is 1. The van der Waals surface area contributed by atoms with Gasteiger partial charge in [-0.2, -0.15) is 18.2 Å². The number of benzene rings is 1. The van der Waals surface area contributed by atoms with E-state index in [0.29, 0.717) is 0 Å². The number of fused-ring (bicyclic) bond motifs is 1. The molecule has 0 saturated carbocycles. The fourth-order valence-corrected chi connectivity index (χ4v) is 3.12. The molecule has 0 radical (unpaired) electrons. The molecule has 0 aliphatic rings. The Morgan fingerprint density at radius 1 is 1.33 bits per heavy atom. The number of hydrogen-bond acceptors (Lipinski definition) is 5. The fraction of sp³-hybridized carbons (Fsp3) is 0.429. The number of rotatable bonds is 6. The second kappa shape index (κ2) is 6.15. The fourth-order valence-electron chi connectivity index (χ4n) is 2.31. The number of nitrogens with zero attached hydrogens (tertiary/aromatic N) is 2. The summed E-state index contributed by atoms with van der Waals surface area (Å²) in [4.78, 5) is 2.26. The van der Waals surface area contributed by atoms with Crippen molar-refractivity contribution in [3.05, 3.63) is 30.0 Å². The summed E-state index contributed by atoms with van der Waals surface area (Å²) in [5.74, 6) is 0. The smallest absolute Gasteiger partial charge is 0.312 e. The molecule has 116 valence electrons. The molecule has 0 spiro atoms. The van der Waals surface area contributed by atoms with Gasteiger partial charge in [0.2, 0.25) is 0 Å². The number of likely N-dealkylation sites (N-methyl/N-ethyl adjacent to an activating group) is 1. The molecule has 0 aliphatic heterocycles. The van der Waals surface area contributed by atoms with E-state index in [1.54, 1.807) is 18.2 Å². The lowest BCUT2D eigenvalue weighted by Crippen LogP contribution is -2.16. The first-order valence-corrected chi connectivity index (χ1v) is 8.09. The number of hydrogen-bond donors (Lipinski definition) is 1. The average Bonchev–Trinajstić information content (AvgIpc) is 2.73. The van der Waals surface area contributed by atoms with Gasteiger partial charge in [-0.25, -0.2) is 0 Å². The lowest BCUT2D eigenvalue weighted by atomic mass is 10.1. The SMILES string of the molecule is CNOS(=O)(=O)c1ccc2c(c1)c(CCN(C)C)cn2C. The van der Waals surface area contributed by atoms with Crippen molar-refractivity contribution in [2.75, 3.05) is 27.7 Å². The van der Waals surface area contributed by atoms with E-state index in [1.807, 2.05) is 31.9 Å². The monoisotopic (exact) mass is 311 g/mol. The van der Waals surface area contributed by atoms with Gasteiger partial charge in [0.15, 0.2) is 0 Å². The minimum atomic E-state index is -3.77. The van der Waals surface area contributed by atoms with Crippen LogP contribution in [-0.2, 0) is 27.9 Å². The summed E-state index contributed by atoms with van der Waals surface area (Å²) in [6.07, 6.45) is 2.91. The molecule has 7 heteroatoms. The molecule has 6 nitrogen and oxygen atoms in total. The van der Waals surface area contributed by atoms with Crippen LogP contribution in [0.2, 0.25) is 0 Å². The van der Waals surface area contributed by atoms with Crippen molar-refractivity contribution in [3.8, 4) is 0 Å². The highest BCUT2D eigenvalue weighted by atomic mass is 32.2. The van der Waals surface area contributed by atoms with Crippen LogP contribution in [0.5, 0.6) is 0 Å². The van der Waals surface area contributed by atoms with Crippen LogP contribution in [-0.4, -0.2) is 45.6 Å². The summed E-state index contributed by atoms with van der Waals surface area (Å²) >= 11 is 0. The minimum absolute atomic E-state index is 0.154. The van der Waals surface area contributed by atoms with Crippen LogP contribution < -0.4 is 5.48 Å². The first-order chi connectivity index (χ1) is 9.85. The summed E-state index contributed by atoms with van der Waals surface area (Å²) in [6.45, 7) is 0.906. The molecule has 1 aromatic heterocycles. The lowest BCUT2D eigenvalue weighted by Gasteiger charge is -2.08. The van der Waals surface area contributed by atoms with Crippen LogP contribution >= 0.6 is 0 Å². The summed E-state index contributed by atoms with van der Waals surface area (Å²) in [6, 6.07) is 5.04. The normalized spacial score (nSPS) is 12.4. The molecule has 1 heterocycles. The molecule has 0 aliphatic carbocycles. The Labute approximate surface area is 125 Å². The Balaban J connectivity index is 2.48. The Hall–Kier alpha value is -1.41. The zero-order valence-corrected chi connectivity index (χ0v) is 13.6. The molecule has 0 amide bonds. The van der Waals surface area contributed by atoms with Crippen LogP contribution in [0.4, 0.5) is 0 Å². The maximum Gasteiger partial charge on any atom is 0.312 e. The van der Waals surface area contributed by atoms with Gasteiger partial charge >= 0.3 is 10.1 Å². The van der Waals surface area contributed by atoms with Crippen LogP contribution in [0, 0.1) is 0 Å². The largest absolute Gasteiger partial charge is 0.350 e. The average molecular weight is 311 g/mol. The molecule has 0 fully saturated rings. The number of hydroxylamine groups is 1. The van der Waals surface area contributed by atoms with Gasteiger partial charge in [-0.1, -0.05) is 0 Å². The maximum absolute atomic E-state index is 12.0. The zero-order valence-electron chi connectivity index (χ0n) is 12.8. The van der Waals surface area contributed by atoms with Crippen molar-refractivity contribution in [2.24, 2.45) is 7.05 Å². The molecule has 2 aromatic rings. The van der Waals surface area contributed by atoms with Gasteiger partial charge in [0.05, 0.1) is 4.90 Å². The van der Waals surface area contributed by atoms with Gasteiger partial charge in [0.25, 0.3) is 0 Å². The molecule has 0 unspecified atom stereocenters. The summed E-state index contributed by atoms with van der Waals surface area (Å²) in [5.41, 5.74) is 4.35. The molecule has 0 saturated heterocycles. The third kappa shape index (κ3) is 3.44. The molecule has 21 heavy (non-hydrogen) atoms. The summed E-state index contributed by atoms with van der Waals surface area (Å²) in [5, 5.41) is 0.945. The van der Waals surface area contributed by atoms with Crippen molar-refractivity contribution in [1.82, 2.24) is 14.9 Å². The van der Waals surface area contributed by atoms with Crippen LogP contribution in [0.25, 0.3) is 10.9 Å².